The van der Waals surface area contributed by atoms with Gasteiger partial charge in [-0.25, -0.2) is 4.79 Å². The number of likely N-dealkylation sites (tertiary alicyclic amines) is 1. The van der Waals surface area contributed by atoms with Gasteiger partial charge in [0.2, 0.25) is 0 Å². The average Bonchev–Trinajstić information content (AvgIpc) is 3.28. The molecule has 4 aromatic rings. The van der Waals surface area contributed by atoms with Crippen molar-refractivity contribution in [1.29, 1.82) is 0 Å². The molecule has 1 saturated heterocycles. The molecule has 0 saturated carbocycles. The third kappa shape index (κ3) is 3.41. The van der Waals surface area contributed by atoms with Gasteiger partial charge in [0, 0.05) is 34.1 Å². The van der Waals surface area contributed by atoms with E-state index in [9.17, 15) is 9.90 Å². The molecule has 5 rings (SSSR count). The SMILES string of the molecule is CCOC(=O)c1coc2c1c(C(c1ccncc1)N1CCCCC1)c(O)c1ccccc12. The van der Waals surface area contributed by atoms with Crippen molar-refractivity contribution in [2.45, 2.75) is 32.2 Å². The van der Waals surface area contributed by atoms with Crippen molar-refractivity contribution in [2.24, 2.45) is 0 Å². The van der Waals surface area contributed by atoms with Gasteiger partial charge in [0.25, 0.3) is 0 Å². The molecule has 1 atom stereocenters. The van der Waals surface area contributed by atoms with E-state index in [0.29, 0.717) is 27.5 Å². The number of piperidine rings is 1. The summed E-state index contributed by atoms with van der Waals surface area (Å²) in [7, 11) is 0. The van der Waals surface area contributed by atoms with Crippen molar-refractivity contribution in [1.82, 2.24) is 9.88 Å². The lowest BCUT2D eigenvalue weighted by atomic mass is 9.88. The van der Waals surface area contributed by atoms with E-state index < -0.39 is 5.97 Å². The van der Waals surface area contributed by atoms with Crippen LogP contribution in [0.4, 0.5) is 0 Å². The highest BCUT2D eigenvalue weighted by Gasteiger charge is 2.33. The molecule has 1 unspecified atom stereocenters. The minimum absolute atomic E-state index is 0.174. The van der Waals surface area contributed by atoms with E-state index in [2.05, 4.69) is 9.88 Å². The van der Waals surface area contributed by atoms with Crippen LogP contribution in [0.1, 0.15) is 53.7 Å². The monoisotopic (exact) mass is 430 g/mol. The number of pyridine rings is 1. The third-order valence-electron chi connectivity index (χ3n) is 6.29. The van der Waals surface area contributed by atoms with Crippen molar-refractivity contribution in [3.8, 4) is 5.75 Å². The van der Waals surface area contributed by atoms with Crippen molar-refractivity contribution >= 4 is 27.7 Å². The van der Waals surface area contributed by atoms with Crippen LogP contribution in [0.5, 0.6) is 5.75 Å². The molecule has 0 bridgehead atoms. The first-order chi connectivity index (χ1) is 15.7. The zero-order valence-electron chi connectivity index (χ0n) is 18.1. The summed E-state index contributed by atoms with van der Waals surface area (Å²) in [5.74, 6) is -0.276. The van der Waals surface area contributed by atoms with Crippen molar-refractivity contribution in [3.63, 3.8) is 0 Å². The molecule has 32 heavy (non-hydrogen) atoms. The number of fused-ring (bicyclic) bond motifs is 3. The second-order valence-electron chi connectivity index (χ2n) is 8.16. The van der Waals surface area contributed by atoms with E-state index in [1.165, 1.54) is 12.7 Å². The number of benzene rings is 2. The minimum atomic E-state index is -0.450. The highest BCUT2D eigenvalue weighted by atomic mass is 16.5. The first-order valence-electron chi connectivity index (χ1n) is 11.2. The number of hydrogen-bond donors (Lipinski definition) is 1. The Labute approximate surface area is 186 Å². The van der Waals surface area contributed by atoms with Gasteiger partial charge in [-0.2, -0.15) is 0 Å². The highest BCUT2D eigenvalue weighted by Crippen LogP contribution is 2.46. The van der Waals surface area contributed by atoms with Crippen LogP contribution in [-0.4, -0.2) is 40.7 Å². The molecular formula is C26H26N2O4. The van der Waals surface area contributed by atoms with Crippen molar-refractivity contribution in [3.05, 3.63) is 71.7 Å². The second-order valence-corrected chi connectivity index (χ2v) is 8.16. The summed E-state index contributed by atoms with van der Waals surface area (Å²) in [4.78, 5) is 19.4. The number of aromatic hydroxyl groups is 1. The van der Waals surface area contributed by atoms with Crippen molar-refractivity contribution < 1.29 is 19.1 Å². The molecule has 164 valence electrons. The number of carbonyl (C=O) groups is 1. The molecule has 0 amide bonds. The van der Waals surface area contributed by atoms with E-state index in [1.54, 1.807) is 19.3 Å². The number of carbonyl (C=O) groups excluding carboxylic acids is 1. The van der Waals surface area contributed by atoms with Gasteiger partial charge in [-0.05, 0) is 50.6 Å². The average molecular weight is 431 g/mol. The molecule has 1 aliphatic rings. The van der Waals surface area contributed by atoms with Gasteiger partial charge in [-0.15, -0.1) is 0 Å². The summed E-state index contributed by atoms with van der Waals surface area (Å²) in [6, 6.07) is 11.3. The van der Waals surface area contributed by atoms with Gasteiger partial charge in [-0.3, -0.25) is 9.88 Å². The van der Waals surface area contributed by atoms with E-state index in [4.69, 9.17) is 9.15 Å². The summed E-state index contributed by atoms with van der Waals surface area (Å²) in [6.45, 7) is 3.86. The summed E-state index contributed by atoms with van der Waals surface area (Å²) in [5.41, 5.74) is 2.63. The maximum absolute atomic E-state index is 12.9. The van der Waals surface area contributed by atoms with Crippen LogP contribution in [0.3, 0.4) is 0 Å². The third-order valence-corrected chi connectivity index (χ3v) is 6.29. The fourth-order valence-electron chi connectivity index (χ4n) is 4.88. The van der Waals surface area contributed by atoms with Crippen LogP contribution < -0.4 is 0 Å². The number of phenols is 1. The van der Waals surface area contributed by atoms with E-state index in [-0.39, 0.29) is 18.4 Å². The number of hydrogen-bond acceptors (Lipinski definition) is 6. The molecule has 0 spiro atoms. The Bertz CT molecular complexity index is 1260. The highest BCUT2D eigenvalue weighted by molar-refractivity contribution is 6.16. The van der Waals surface area contributed by atoms with E-state index in [0.717, 1.165) is 36.9 Å². The van der Waals surface area contributed by atoms with Crippen LogP contribution in [0.25, 0.3) is 21.7 Å². The second kappa shape index (κ2) is 8.63. The van der Waals surface area contributed by atoms with Gasteiger partial charge in [0.05, 0.1) is 12.6 Å². The molecule has 2 aromatic carbocycles. The molecule has 6 heteroatoms. The Morgan fingerprint density at radius 3 is 2.56 bits per heavy atom. The van der Waals surface area contributed by atoms with Crippen LogP contribution >= 0.6 is 0 Å². The first kappa shape index (κ1) is 20.5. The first-order valence-corrected chi connectivity index (χ1v) is 11.2. The van der Waals surface area contributed by atoms with E-state index in [1.807, 2.05) is 36.4 Å². The zero-order chi connectivity index (χ0) is 22.1. The van der Waals surface area contributed by atoms with Gasteiger partial charge in [-0.1, -0.05) is 30.7 Å². The number of furan rings is 1. The number of rotatable bonds is 5. The standard InChI is InChI=1S/C26H26N2O4/c1-2-31-26(30)20-16-32-25-19-9-5-4-8-18(19)24(29)22(21(20)25)23(17-10-12-27-13-11-17)28-14-6-3-7-15-28/h4-5,8-13,16,23,29H,2-3,6-7,14-15H2,1H3. The predicted octanol–water partition coefficient (Wildman–Crippen LogP) is 5.44. The van der Waals surface area contributed by atoms with Gasteiger partial charge >= 0.3 is 5.97 Å². The Kier molecular flexibility index (Phi) is 5.53. The largest absolute Gasteiger partial charge is 0.507 e. The van der Waals surface area contributed by atoms with Crippen LogP contribution in [0, 0.1) is 0 Å². The smallest absolute Gasteiger partial charge is 0.342 e. The summed E-state index contributed by atoms with van der Waals surface area (Å²) >= 11 is 0. The molecule has 0 radical (unpaired) electrons. The zero-order valence-corrected chi connectivity index (χ0v) is 18.1. The Morgan fingerprint density at radius 1 is 1.12 bits per heavy atom. The maximum atomic E-state index is 12.9. The molecule has 1 fully saturated rings. The quantitative estimate of drug-likeness (QED) is 0.425. The predicted molar refractivity (Wildman–Crippen MR) is 123 cm³/mol. The molecule has 0 aliphatic carbocycles. The Morgan fingerprint density at radius 2 is 1.84 bits per heavy atom. The maximum Gasteiger partial charge on any atom is 0.342 e. The van der Waals surface area contributed by atoms with Gasteiger partial charge in [0.1, 0.15) is 23.2 Å². The molecule has 2 aromatic heterocycles. The molecule has 1 aliphatic heterocycles. The number of esters is 1. The Hall–Kier alpha value is -3.38. The van der Waals surface area contributed by atoms with Crippen LogP contribution in [-0.2, 0) is 4.74 Å². The molecule has 1 N–H and O–H groups in total. The van der Waals surface area contributed by atoms with Crippen molar-refractivity contribution in [2.75, 3.05) is 19.7 Å². The van der Waals surface area contributed by atoms with Crippen LogP contribution in [0.15, 0.2) is 59.5 Å². The lowest BCUT2D eigenvalue weighted by Gasteiger charge is -2.36. The molecule has 6 nitrogen and oxygen atoms in total. The number of ether oxygens (including phenoxy) is 1. The number of phenolic OH excluding ortho intramolecular Hbond substituents is 1. The fraction of sp³-hybridized carbons (Fsp3) is 0.308. The fourth-order valence-corrected chi connectivity index (χ4v) is 4.88. The normalized spacial score (nSPS) is 15.8. The molecule has 3 heterocycles. The topological polar surface area (TPSA) is 75.8 Å². The number of aromatic nitrogens is 1. The lowest BCUT2D eigenvalue weighted by molar-refractivity contribution is 0.0527. The van der Waals surface area contributed by atoms with Gasteiger partial charge in [0.15, 0.2) is 0 Å². The lowest BCUT2D eigenvalue weighted by Crippen LogP contribution is -2.34. The Balaban J connectivity index is 1.86. The summed E-state index contributed by atoms with van der Waals surface area (Å²) < 4.78 is 11.3. The summed E-state index contributed by atoms with van der Waals surface area (Å²) in [6.07, 6.45) is 8.37. The van der Waals surface area contributed by atoms with Crippen LogP contribution in [0.2, 0.25) is 0 Å². The number of nitrogens with zero attached hydrogens (tertiary/aromatic N) is 2. The minimum Gasteiger partial charge on any atom is -0.507 e. The van der Waals surface area contributed by atoms with E-state index >= 15 is 0 Å². The summed E-state index contributed by atoms with van der Waals surface area (Å²) in [5, 5.41) is 13.7. The molecular weight excluding hydrogens is 404 g/mol. The van der Waals surface area contributed by atoms with Gasteiger partial charge < -0.3 is 14.3 Å².